The molecule has 4 heteroatoms. The first-order valence-electron chi connectivity index (χ1n) is 21.7. The maximum atomic E-state index is 12.4. The third kappa shape index (κ3) is 37.7. The van der Waals surface area contributed by atoms with E-state index in [2.05, 4.69) is 43.5 Å². The zero-order valence-electron chi connectivity index (χ0n) is 33.0. The summed E-state index contributed by atoms with van der Waals surface area (Å²) in [5.74, 6) is -0.0758. The molecule has 2 unspecified atom stereocenters. The first-order valence-corrected chi connectivity index (χ1v) is 21.7. The minimum absolute atomic E-state index is 0.0758. The number of hydrogen-bond donors (Lipinski definition) is 3. The highest BCUT2D eigenvalue weighted by molar-refractivity contribution is 5.76. The van der Waals surface area contributed by atoms with E-state index < -0.39 is 12.1 Å². The summed E-state index contributed by atoms with van der Waals surface area (Å²) in [4.78, 5) is 12.4. The van der Waals surface area contributed by atoms with Crippen LogP contribution in [-0.4, -0.2) is 34.9 Å². The highest BCUT2D eigenvalue weighted by Gasteiger charge is 2.17. The van der Waals surface area contributed by atoms with Gasteiger partial charge in [0.05, 0.1) is 18.8 Å². The van der Waals surface area contributed by atoms with Gasteiger partial charge in [-0.05, 0) is 44.9 Å². The monoisotopic (exact) mass is 688 g/mol. The summed E-state index contributed by atoms with van der Waals surface area (Å²) in [5, 5.41) is 22.9. The summed E-state index contributed by atoms with van der Waals surface area (Å²) in [6, 6.07) is -0.641. The second kappa shape index (κ2) is 41.0. The first-order chi connectivity index (χ1) is 24.2. The van der Waals surface area contributed by atoms with Gasteiger partial charge in [0.1, 0.15) is 0 Å². The summed E-state index contributed by atoms with van der Waals surface area (Å²) in [6.07, 6.45) is 54.0. The molecule has 0 fully saturated rings. The Morgan fingerprint density at radius 3 is 1.18 bits per heavy atom. The summed E-state index contributed by atoms with van der Waals surface area (Å²) in [5.41, 5.74) is 0. The van der Waals surface area contributed by atoms with Crippen LogP contribution in [0.15, 0.2) is 36.5 Å². The van der Waals surface area contributed by atoms with Crippen molar-refractivity contribution in [3.8, 4) is 0 Å². The second-order valence-corrected chi connectivity index (χ2v) is 14.8. The number of rotatable bonds is 39. The van der Waals surface area contributed by atoms with Crippen molar-refractivity contribution in [1.82, 2.24) is 5.32 Å². The summed E-state index contributed by atoms with van der Waals surface area (Å²) in [6.45, 7) is 4.29. The average molecular weight is 688 g/mol. The van der Waals surface area contributed by atoms with E-state index in [9.17, 15) is 15.0 Å². The summed E-state index contributed by atoms with van der Waals surface area (Å²) in [7, 11) is 0. The third-order valence-electron chi connectivity index (χ3n) is 9.85. The van der Waals surface area contributed by atoms with Gasteiger partial charge in [-0.3, -0.25) is 4.79 Å². The second-order valence-electron chi connectivity index (χ2n) is 14.8. The number of aliphatic hydroxyl groups is 2. The van der Waals surface area contributed by atoms with Gasteiger partial charge in [0.2, 0.25) is 5.91 Å². The average Bonchev–Trinajstić information content (AvgIpc) is 3.10. The van der Waals surface area contributed by atoms with Crippen molar-refractivity contribution < 1.29 is 15.0 Å². The van der Waals surface area contributed by atoms with Crippen LogP contribution >= 0.6 is 0 Å². The van der Waals surface area contributed by atoms with Gasteiger partial charge in [0, 0.05) is 6.42 Å². The van der Waals surface area contributed by atoms with E-state index in [1.54, 1.807) is 6.08 Å². The fourth-order valence-corrected chi connectivity index (χ4v) is 6.50. The lowest BCUT2D eigenvalue weighted by molar-refractivity contribution is -0.123. The van der Waals surface area contributed by atoms with Crippen LogP contribution in [0.1, 0.15) is 226 Å². The minimum Gasteiger partial charge on any atom is -0.394 e. The van der Waals surface area contributed by atoms with E-state index in [0.29, 0.717) is 6.42 Å². The Morgan fingerprint density at radius 1 is 0.469 bits per heavy atom. The quantitative estimate of drug-likeness (QED) is 0.0445. The number of nitrogens with one attached hydrogen (secondary N) is 1. The highest BCUT2D eigenvalue weighted by atomic mass is 16.3. The van der Waals surface area contributed by atoms with Gasteiger partial charge in [0.25, 0.3) is 0 Å². The van der Waals surface area contributed by atoms with Crippen LogP contribution in [0.3, 0.4) is 0 Å². The molecule has 0 aromatic carbocycles. The van der Waals surface area contributed by atoms with E-state index >= 15 is 0 Å². The van der Waals surface area contributed by atoms with Gasteiger partial charge in [-0.2, -0.15) is 0 Å². The van der Waals surface area contributed by atoms with Crippen LogP contribution in [-0.2, 0) is 4.79 Å². The zero-order chi connectivity index (χ0) is 35.7. The normalized spacial score (nSPS) is 13.3. The molecule has 0 rings (SSSR count). The molecule has 4 nitrogen and oxygen atoms in total. The molecule has 0 aliphatic heterocycles. The fourth-order valence-electron chi connectivity index (χ4n) is 6.50. The lowest BCUT2D eigenvalue weighted by Crippen LogP contribution is -2.45. The van der Waals surface area contributed by atoms with Crippen molar-refractivity contribution in [2.45, 2.75) is 238 Å². The topological polar surface area (TPSA) is 69.6 Å². The molecule has 1 amide bonds. The fraction of sp³-hybridized carbons (Fsp3) is 0.844. The summed E-state index contributed by atoms with van der Waals surface area (Å²) < 4.78 is 0. The number of carbonyl (C=O) groups excluding carboxylic acids is 1. The Hall–Kier alpha value is -1.39. The molecule has 0 heterocycles. The van der Waals surface area contributed by atoms with Gasteiger partial charge in [-0.1, -0.05) is 211 Å². The maximum Gasteiger partial charge on any atom is 0.220 e. The Bertz CT molecular complexity index is 746. The van der Waals surface area contributed by atoms with Gasteiger partial charge in [-0.15, -0.1) is 0 Å². The molecule has 0 saturated heterocycles. The predicted molar refractivity (Wildman–Crippen MR) is 216 cm³/mol. The minimum atomic E-state index is -0.866. The van der Waals surface area contributed by atoms with Crippen molar-refractivity contribution in [3.05, 3.63) is 36.5 Å². The van der Waals surface area contributed by atoms with E-state index in [1.165, 1.54) is 167 Å². The van der Waals surface area contributed by atoms with Crippen LogP contribution in [0, 0.1) is 0 Å². The third-order valence-corrected chi connectivity index (χ3v) is 9.85. The van der Waals surface area contributed by atoms with Crippen LogP contribution in [0.4, 0.5) is 0 Å². The molecule has 0 aromatic rings. The number of allylic oxidation sites excluding steroid dienone is 5. The van der Waals surface area contributed by atoms with E-state index in [1.807, 2.05) is 6.08 Å². The van der Waals surface area contributed by atoms with Gasteiger partial charge in [-0.25, -0.2) is 0 Å². The number of aliphatic hydroxyl groups excluding tert-OH is 2. The van der Waals surface area contributed by atoms with Crippen molar-refractivity contribution >= 4 is 5.91 Å². The number of unbranched alkanes of at least 4 members (excludes halogenated alkanes) is 28. The molecule has 49 heavy (non-hydrogen) atoms. The molecule has 0 spiro atoms. The zero-order valence-corrected chi connectivity index (χ0v) is 33.0. The van der Waals surface area contributed by atoms with Crippen molar-refractivity contribution in [2.24, 2.45) is 0 Å². The molecule has 2 atom stereocenters. The van der Waals surface area contributed by atoms with Gasteiger partial charge < -0.3 is 15.5 Å². The van der Waals surface area contributed by atoms with E-state index in [4.69, 9.17) is 0 Å². The van der Waals surface area contributed by atoms with Crippen molar-refractivity contribution in [2.75, 3.05) is 6.61 Å². The Kier molecular flexibility index (Phi) is 39.9. The molecule has 0 aliphatic rings. The number of carbonyl (C=O) groups is 1. The number of amides is 1. The van der Waals surface area contributed by atoms with Crippen LogP contribution in [0.25, 0.3) is 0 Å². The Labute approximate surface area is 306 Å². The molecular formula is C45H85NO3. The Balaban J connectivity index is 3.57. The van der Waals surface area contributed by atoms with Crippen molar-refractivity contribution in [3.63, 3.8) is 0 Å². The van der Waals surface area contributed by atoms with Crippen LogP contribution in [0.2, 0.25) is 0 Å². The number of hydrogen-bond acceptors (Lipinski definition) is 3. The highest BCUT2D eigenvalue weighted by Crippen LogP contribution is 2.16. The SMILES string of the molecule is CCCCCCC/C=C/CC/C=C/CC/C=C/C(O)C(CO)NC(=O)CCCCCCCCCCCCCCCCCCCCCCCC. The molecule has 0 aliphatic carbocycles. The smallest absolute Gasteiger partial charge is 0.220 e. The molecule has 0 bridgehead atoms. The molecule has 0 radical (unpaired) electrons. The predicted octanol–water partition coefficient (Wildman–Crippen LogP) is 13.4. The van der Waals surface area contributed by atoms with Crippen LogP contribution < -0.4 is 5.32 Å². The Morgan fingerprint density at radius 2 is 0.796 bits per heavy atom. The molecular weight excluding hydrogens is 602 g/mol. The maximum absolute atomic E-state index is 12.4. The molecule has 0 saturated carbocycles. The van der Waals surface area contributed by atoms with E-state index in [0.717, 1.165) is 38.5 Å². The molecule has 0 aromatic heterocycles. The van der Waals surface area contributed by atoms with Gasteiger partial charge >= 0.3 is 0 Å². The van der Waals surface area contributed by atoms with Gasteiger partial charge in [0.15, 0.2) is 0 Å². The lowest BCUT2D eigenvalue weighted by Gasteiger charge is -2.19. The largest absolute Gasteiger partial charge is 0.394 e. The van der Waals surface area contributed by atoms with E-state index in [-0.39, 0.29) is 12.5 Å². The first kappa shape index (κ1) is 47.6. The van der Waals surface area contributed by atoms with Crippen LogP contribution in [0.5, 0.6) is 0 Å². The van der Waals surface area contributed by atoms with Crippen molar-refractivity contribution in [1.29, 1.82) is 0 Å². The molecule has 288 valence electrons. The molecule has 3 N–H and O–H groups in total. The lowest BCUT2D eigenvalue weighted by atomic mass is 10.0. The summed E-state index contributed by atoms with van der Waals surface area (Å²) >= 11 is 0. The standard InChI is InChI=1S/C45H85NO3/c1-3-5-7-9-11-13-15-17-19-20-21-22-23-24-25-27-29-31-33-35-37-39-41-45(49)46-43(42-47)44(48)40-38-36-34-32-30-28-26-18-16-14-12-10-8-6-4-2/h16,18,30,32,38,40,43-44,47-48H,3-15,17,19-29,31,33-37,39,41-42H2,1-2H3,(H,46,49)/b18-16+,32-30+,40-38+.